The predicted molar refractivity (Wildman–Crippen MR) is 31.2 cm³/mol. The van der Waals surface area contributed by atoms with Gasteiger partial charge in [-0.1, -0.05) is 0 Å². The molecular weight excluding hydrogens is 181 g/mol. The number of halogens is 5. The summed E-state index contributed by atoms with van der Waals surface area (Å²) in [5.74, 6) is 0. The zero-order valence-corrected chi connectivity index (χ0v) is 6.57. The third kappa shape index (κ3) is 3.27. The van der Waals surface area contributed by atoms with Gasteiger partial charge in [-0.05, 0) is 0 Å². The van der Waals surface area contributed by atoms with Gasteiger partial charge in [0.05, 0.1) is 0 Å². The topological polar surface area (TPSA) is 0 Å². The van der Waals surface area contributed by atoms with E-state index in [9.17, 15) is 21.0 Å². The van der Waals surface area contributed by atoms with E-state index in [1.807, 2.05) is 0 Å². The van der Waals surface area contributed by atoms with E-state index in [0.717, 1.165) is 0 Å². The van der Waals surface area contributed by atoms with Crippen LogP contribution in [-0.2, 0) is 0 Å². The fourth-order valence-corrected chi connectivity index (χ4v) is 0. The molecule has 0 nitrogen and oxygen atoms in total. The van der Waals surface area contributed by atoms with Crippen LogP contribution < -0.4 is 0 Å². The van der Waals surface area contributed by atoms with E-state index < -0.39 is 14.8 Å². The molecule has 0 aromatic rings. The van der Waals surface area contributed by atoms with Crippen molar-refractivity contribution in [3.63, 3.8) is 0 Å². The van der Waals surface area contributed by atoms with Crippen LogP contribution >= 0.6 is 14.8 Å². The standard InChI is InChI=1S/C2H6F5P2/c1-8(2)9(3,4,5,6)7/h1-2H3/q-1. The van der Waals surface area contributed by atoms with Crippen molar-refractivity contribution in [2.45, 2.75) is 0 Å². The molecule has 0 aliphatic rings. The van der Waals surface area contributed by atoms with Crippen molar-refractivity contribution in [1.29, 1.82) is 0 Å². The van der Waals surface area contributed by atoms with Crippen LogP contribution in [0.25, 0.3) is 0 Å². The van der Waals surface area contributed by atoms with Crippen molar-refractivity contribution in [3.8, 4) is 0 Å². The van der Waals surface area contributed by atoms with Crippen molar-refractivity contribution in [1.82, 2.24) is 0 Å². The van der Waals surface area contributed by atoms with Gasteiger partial charge in [-0.3, -0.25) is 0 Å². The summed E-state index contributed by atoms with van der Waals surface area (Å²) in [7, 11) is -12.4. The molecule has 60 valence electrons. The average Bonchev–Trinajstić information content (AvgIpc) is 1.24. The van der Waals surface area contributed by atoms with Crippen LogP contribution in [0, 0.1) is 0 Å². The van der Waals surface area contributed by atoms with Crippen LogP contribution in [0.5, 0.6) is 0 Å². The van der Waals surface area contributed by atoms with Gasteiger partial charge in [-0.25, -0.2) is 0 Å². The molecule has 0 aromatic heterocycles. The summed E-state index contributed by atoms with van der Waals surface area (Å²) >= 11 is 0. The average molecular weight is 187 g/mol. The van der Waals surface area contributed by atoms with E-state index in [1.165, 1.54) is 0 Å². The first-order chi connectivity index (χ1) is 3.43. The molecule has 0 radical (unpaired) electrons. The molecule has 0 amide bonds. The van der Waals surface area contributed by atoms with Gasteiger partial charge in [0.2, 0.25) is 0 Å². The van der Waals surface area contributed by atoms with Gasteiger partial charge in [-0.15, -0.1) is 0 Å². The van der Waals surface area contributed by atoms with Crippen LogP contribution in [0.15, 0.2) is 0 Å². The molecule has 0 unspecified atom stereocenters. The van der Waals surface area contributed by atoms with Gasteiger partial charge < -0.3 is 0 Å². The Bertz CT molecular complexity index is 116. The number of hydrogen-bond acceptors (Lipinski definition) is 0. The van der Waals surface area contributed by atoms with E-state index in [0.29, 0.717) is 13.3 Å². The minimum absolute atomic E-state index is 0.519. The van der Waals surface area contributed by atoms with Crippen molar-refractivity contribution < 1.29 is 21.0 Å². The van der Waals surface area contributed by atoms with Crippen LogP contribution in [0.1, 0.15) is 0 Å². The molecule has 0 saturated carbocycles. The van der Waals surface area contributed by atoms with Crippen molar-refractivity contribution in [2.75, 3.05) is 13.3 Å². The molecule has 0 bridgehead atoms. The Morgan fingerprint density at radius 1 is 0.889 bits per heavy atom. The van der Waals surface area contributed by atoms with Gasteiger partial charge >= 0.3 is 49.1 Å². The van der Waals surface area contributed by atoms with Crippen molar-refractivity contribution in [3.05, 3.63) is 0 Å². The summed E-state index contributed by atoms with van der Waals surface area (Å²) in [5, 5.41) is 0. The molecule has 0 rings (SSSR count). The molecule has 0 aromatic carbocycles. The van der Waals surface area contributed by atoms with Crippen molar-refractivity contribution >= 4 is 14.8 Å². The molecule has 0 aliphatic heterocycles. The molecule has 0 N–H and O–H groups in total. The Morgan fingerprint density at radius 3 is 1.00 bits per heavy atom. The van der Waals surface area contributed by atoms with E-state index in [2.05, 4.69) is 0 Å². The Kier molecular flexibility index (Phi) is 1.48. The number of rotatable bonds is 1. The first kappa shape index (κ1) is 9.51. The zero-order valence-electron chi connectivity index (χ0n) is 4.78. The Labute approximate surface area is 50.2 Å². The Hall–Kier alpha value is 0.510. The fourth-order valence-electron chi connectivity index (χ4n) is 0. The van der Waals surface area contributed by atoms with Gasteiger partial charge in [0.1, 0.15) is 0 Å². The predicted octanol–water partition coefficient (Wildman–Crippen LogP) is 4.15. The van der Waals surface area contributed by atoms with Gasteiger partial charge in [0.25, 0.3) is 0 Å². The van der Waals surface area contributed by atoms with Crippen LogP contribution in [0.4, 0.5) is 21.0 Å². The summed E-state index contributed by atoms with van der Waals surface area (Å²) in [6, 6.07) is 0. The molecule has 9 heavy (non-hydrogen) atoms. The second-order valence-electron chi connectivity index (χ2n) is 1.86. The molecule has 7 heteroatoms. The summed E-state index contributed by atoms with van der Waals surface area (Å²) in [5.41, 5.74) is 0. The molecule has 0 atom stereocenters. The third-order valence-electron chi connectivity index (χ3n) is 0.756. The van der Waals surface area contributed by atoms with Crippen LogP contribution in [0.2, 0.25) is 0 Å². The van der Waals surface area contributed by atoms with Gasteiger partial charge in [0.15, 0.2) is 0 Å². The monoisotopic (exact) mass is 187 g/mol. The molecular formula is C2H6F5P2-. The molecule has 0 fully saturated rings. The third-order valence-corrected chi connectivity index (χ3v) is 6.80. The quantitative estimate of drug-likeness (QED) is 0.427. The first-order valence-electron chi connectivity index (χ1n) is 1.94. The second kappa shape index (κ2) is 1.40. The zero-order chi connectivity index (χ0) is 7.99. The maximum absolute atomic E-state index is 11.4. The summed E-state index contributed by atoms with van der Waals surface area (Å²) in [6.45, 7) is 1.04. The molecule has 0 saturated heterocycles. The van der Waals surface area contributed by atoms with Crippen LogP contribution in [-0.4, -0.2) is 13.3 Å². The first-order valence-corrected chi connectivity index (χ1v) is 7.02. The molecule has 0 heterocycles. The maximum atomic E-state index is 11.4. The number of hydrogen-bond donors (Lipinski definition) is 0. The minimum atomic E-state index is -9.25. The Morgan fingerprint density at radius 2 is 1.00 bits per heavy atom. The van der Waals surface area contributed by atoms with Crippen LogP contribution in [0.3, 0.4) is 0 Å². The van der Waals surface area contributed by atoms with E-state index in [4.69, 9.17) is 0 Å². The SMILES string of the molecule is CP(C)[P-](F)(F)(F)(F)F. The summed E-state index contributed by atoms with van der Waals surface area (Å²) in [6.07, 6.45) is 0. The fraction of sp³-hybridized carbons (Fsp3) is 1.00. The van der Waals surface area contributed by atoms with Crippen molar-refractivity contribution in [2.24, 2.45) is 0 Å². The van der Waals surface area contributed by atoms with E-state index in [-0.39, 0.29) is 0 Å². The van der Waals surface area contributed by atoms with E-state index in [1.54, 1.807) is 0 Å². The Balaban J connectivity index is 4.76. The van der Waals surface area contributed by atoms with Gasteiger partial charge in [0, 0.05) is 0 Å². The molecule has 0 spiro atoms. The second-order valence-corrected chi connectivity index (χ2v) is 10.3. The van der Waals surface area contributed by atoms with E-state index >= 15 is 0 Å². The molecule has 0 aliphatic carbocycles. The van der Waals surface area contributed by atoms with Gasteiger partial charge in [-0.2, -0.15) is 0 Å². The normalized spacial score (nSPS) is 21.3. The summed E-state index contributed by atoms with van der Waals surface area (Å²) < 4.78 is 56.9. The summed E-state index contributed by atoms with van der Waals surface area (Å²) in [4.78, 5) is 0.